The van der Waals surface area contributed by atoms with Gasteiger partial charge in [-0.1, -0.05) is 0 Å². The van der Waals surface area contributed by atoms with Gasteiger partial charge >= 0.3 is 0 Å². The Morgan fingerprint density at radius 3 is 2.74 bits per heavy atom. The molecule has 0 fully saturated rings. The van der Waals surface area contributed by atoms with Gasteiger partial charge in [0, 0.05) is 40.2 Å². The van der Waals surface area contributed by atoms with E-state index < -0.39 is 0 Å². The Hall–Kier alpha value is -4.44. The summed E-state index contributed by atoms with van der Waals surface area (Å²) in [6, 6.07) is 9.61. The van der Waals surface area contributed by atoms with E-state index in [1.54, 1.807) is 38.8 Å². The van der Waals surface area contributed by atoms with E-state index in [9.17, 15) is 4.79 Å². The number of thiophene rings is 1. The van der Waals surface area contributed by atoms with Gasteiger partial charge in [-0.15, -0.1) is 11.3 Å². The number of carbonyl (C=O) groups is 1. The van der Waals surface area contributed by atoms with Gasteiger partial charge in [-0.3, -0.25) is 14.9 Å². The number of hydrogen-bond donors (Lipinski definition) is 2. The van der Waals surface area contributed by atoms with Crippen molar-refractivity contribution in [2.45, 2.75) is 6.92 Å². The minimum Gasteiger partial charge on any atom is -0.495 e. The number of imidazole rings is 1. The molecule has 0 bridgehead atoms. The second-order valence-electron chi connectivity index (χ2n) is 7.67. The van der Waals surface area contributed by atoms with E-state index in [0.717, 1.165) is 32.5 Å². The molecule has 0 aliphatic rings. The lowest BCUT2D eigenvalue weighted by atomic mass is 10.1. The molecule has 34 heavy (non-hydrogen) atoms. The number of methoxy groups -OCH3 is 1. The van der Waals surface area contributed by atoms with Gasteiger partial charge in [-0.2, -0.15) is 5.10 Å². The van der Waals surface area contributed by atoms with Gasteiger partial charge in [-0.25, -0.2) is 15.0 Å². The number of nitrogens with zero attached hydrogens (tertiary/aromatic N) is 5. The molecule has 166 valence electrons. The molecule has 0 aliphatic carbocycles. The maximum Gasteiger partial charge on any atom is 0.181 e. The highest BCUT2D eigenvalue weighted by molar-refractivity contribution is 7.17. The molecule has 0 radical (unpaired) electrons. The first-order chi connectivity index (χ1) is 16.6. The third kappa shape index (κ3) is 3.32. The van der Waals surface area contributed by atoms with Gasteiger partial charge in [-0.05, 0) is 37.3 Å². The van der Waals surface area contributed by atoms with Crippen molar-refractivity contribution in [2.24, 2.45) is 0 Å². The molecular weight excluding hydrogens is 450 g/mol. The molecule has 9 nitrogen and oxygen atoms in total. The second-order valence-corrected chi connectivity index (χ2v) is 8.75. The lowest BCUT2D eigenvalue weighted by Crippen LogP contribution is -1.88. The average molecular weight is 468 g/mol. The van der Waals surface area contributed by atoms with Crippen LogP contribution in [0.2, 0.25) is 0 Å². The fourth-order valence-corrected chi connectivity index (χ4v) is 4.77. The van der Waals surface area contributed by atoms with E-state index in [1.807, 2.05) is 30.3 Å². The largest absolute Gasteiger partial charge is 0.495 e. The topological polar surface area (TPSA) is 122 Å². The summed E-state index contributed by atoms with van der Waals surface area (Å²) in [6.07, 6.45) is 6.89. The molecule has 6 rings (SSSR count). The number of pyridine rings is 3. The first kappa shape index (κ1) is 20.2. The average Bonchev–Trinajstić information content (AvgIpc) is 3.61. The van der Waals surface area contributed by atoms with E-state index in [2.05, 4.69) is 30.1 Å². The molecule has 6 heterocycles. The van der Waals surface area contributed by atoms with Crippen molar-refractivity contribution >= 4 is 39.3 Å². The number of carbonyl (C=O) groups excluding carboxylic acids is 1. The smallest absolute Gasteiger partial charge is 0.181 e. The summed E-state index contributed by atoms with van der Waals surface area (Å²) in [5, 5.41) is 8.21. The molecule has 0 aliphatic heterocycles. The van der Waals surface area contributed by atoms with Gasteiger partial charge in [0.05, 0.1) is 29.1 Å². The molecule has 0 aromatic carbocycles. The quantitative estimate of drug-likeness (QED) is 0.346. The van der Waals surface area contributed by atoms with Crippen LogP contribution in [0.3, 0.4) is 0 Å². The molecule has 6 aromatic heterocycles. The molecule has 6 aromatic rings. The monoisotopic (exact) mass is 467 g/mol. The number of aromatic nitrogens is 7. The number of hydrogen-bond acceptors (Lipinski definition) is 8. The molecule has 2 N–H and O–H groups in total. The van der Waals surface area contributed by atoms with Crippen molar-refractivity contribution in [1.29, 1.82) is 0 Å². The van der Waals surface area contributed by atoms with Crippen LogP contribution < -0.4 is 4.74 Å². The standard InChI is InChI=1S/C24H17N7O2S/c1-12(32)18-3-4-19(34-18)16-5-6-26-23-20(16)28-24(29-23)21-17-8-14(10-27-22(17)31-30-21)13-7-15(33-2)11-25-9-13/h3-11H,1-2H3,(H,26,28,29)(H,27,30,31). The zero-order valence-corrected chi connectivity index (χ0v) is 19.0. The van der Waals surface area contributed by atoms with Gasteiger partial charge in [0.2, 0.25) is 0 Å². The number of nitrogens with one attached hydrogen (secondary N) is 2. The summed E-state index contributed by atoms with van der Waals surface area (Å²) in [6.45, 7) is 1.57. The molecule has 0 saturated heterocycles. The summed E-state index contributed by atoms with van der Waals surface area (Å²) in [5.74, 6) is 1.32. The summed E-state index contributed by atoms with van der Waals surface area (Å²) >= 11 is 1.45. The zero-order chi connectivity index (χ0) is 23.2. The van der Waals surface area contributed by atoms with Crippen LogP contribution in [0.5, 0.6) is 5.75 Å². The fraction of sp³-hybridized carbons (Fsp3) is 0.0833. The molecule has 10 heteroatoms. The van der Waals surface area contributed by atoms with Crippen molar-refractivity contribution in [1.82, 2.24) is 35.1 Å². The Morgan fingerprint density at radius 1 is 1.03 bits per heavy atom. The third-order valence-electron chi connectivity index (χ3n) is 5.54. The highest BCUT2D eigenvalue weighted by Gasteiger charge is 2.17. The van der Waals surface area contributed by atoms with Crippen LogP contribution in [-0.2, 0) is 0 Å². The van der Waals surface area contributed by atoms with Crippen LogP contribution in [0.4, 0.5) is 0 Å². The lowest BCUT2D eigenvalue weighted by molar-refractivity contribution is 0.102. The van der Waals surface area contributed by atoms with Crippen molar-refractivity contribution < 1.29 is 9.53 Å². The number of rotatable bonds is 5. The summed E-state index contributed by atoms with van der Waals surface area (Å²) in [5.41, 5.74) is 5.35. The highest BCUT2D eigenvalue weighted by Crippen LogP contribution is 2.35. The molecule has 0 spiro atoms. The normalized spacial score (nSPS) is 11.4. The maximum atomic E-state index is 11.8. The predicted molar refractivity (Wildman–Crippen MR) is 130 cm³/mol. The lowest BCUT2D eigenvalue weighted by Gasteiger charge is -2.04. The molecule has 0 amide bonds. The number of fused-ring (bicyclic) bond motifs is 2. The van der Waals surface area contributed by atoms with Crippen molar-refractivity contribution in [3.63, 3.8) is 0 Å². The minimum absolute atomic E-state index is 0.0466. The summed E-state index contributed by atoms with van der Waals surface area (Å²) in [7, 11) is 1.61. The first-order valence-electron chi connectivity index (χ1n) is 10.4. The van der Waals surface area contributed by atoms with Crippen LogP contribution in [0.1, 0.15) is 16.6 Å². The van der Waals surface area contributed by atoms with E-state index in [-0.39, 0.29) is 5.78 Å². The molecule has 0 saturated carbocycles. The zero-order valence-electron chi connectivity index (χ0n) is 18.2. The maximum absolute atomic E-state index is 11.8. The first-order valence-corrected chi connectivity index (χ1v) is 11.2. The third-order valence-corrected chi connectivity index (χ3v) is 6.76. The van der Waals surface area contributed by atoms with Crippen molar-refractivity contribution in [3.05, 3.63) is 60.0 Å². The van der Waals surface area contributed by atoms with Crippen LogP contribution in [0, 0.1) is 0 Å². The van der Waals surface area contributed by atoms with Crippen molar-refractivity contribution in [3.8, 4) is 38.8 Å². The molecule has 0 unspecified atom stereocenters. The number of H-pyrrole nitrogens is 2. The molecule has 0 atom stereocenters. The van der Waals surface area contributed by atoms with E-state index in [1.165, 1.54) is 11.3 Å². The van der Waals surface area contributed by atoms with Gasteiger partial charge in [0.1, 0.15) is 11.4 Å². The minimum atomic E-state index is 0.0466. The van der Waals surface area contributed by atoms with E-state index in [4.69, 9.17) is 9.72 Å². The summed E-state index contributed by atoms with van der Waals surface area (Å²) in [4.78, 5) is 34.7. The number of ketones is 1. The Morgan fingerprint density at radius 2 is 1.91 bits per heavy atom. The van der Waals surface area contributed by atoms with E-state index in [0.29, 0.717) is 33.4 Å². The second kappa shape index (κ2) is 7.85. The number of Topliss-reactive ketones (excluding diaryl/α,β-unsaturated/α-hetero) is 1. The fourth-order valence-electron chi connectivity index (χ4n) is 3.83. The predicted octanol–water partition coefficient (Wildman–Crippen LogP) is 4.90. The Kier molecular flexibility index (Phi) is 4.66. The summed E-state index contributed by atoms with van der Waals surface area (Å²) < 4.78 is 5.30. The van der Waals surface area contributed by atoms with Crippen LogP contribution in [-0.4, -0.2) is 48.0 Å². The highest BCUT2D eigenvalue weighted by atomic mass is 32.1. The van der Waals surface area contributed by atoms with Gasteiger partial charge in [0.15, 0.2) is 22.9 Å². The Balaban J connectivity index is 1.47. The van der Waals surface area contributed by atoms with Crippen molar-refractivity contribution in [2.75, 3.05) is 7.11 Å². The van der Waals surface area contributed by atoms with Crippen LogP contribution in [0.25, 0.3) is 55.3 Å². The SMILES string of the molecule is COc1cncc(-c2cnc3n[nH]c(-c4nc5nccc(-c6ccc(C(C)=O)s6)c5[nH]4)c3c2)c1. The van der Waals surface area contributed by atoms with Gasteiger partial charge in [0.25, 0.3) is 0 Å². The Labute approximate surface area is 196 Å². The number of aromatic amines is 2. The van der Waals surface area contributed by atoms with Crippen LogP contribution in [0.15, 0.2) is 55.1 Å². The number of ether oxygens (including phenoxy) is 1. The van der Waals surface area contributed by atoms with Crippen LogP contribution >= 0.6 is 11.3 Å². The molecular formula is C24H17N7O2S. The van der Waals surface area contributed by atoms with E-state index >= 15 is 0 Å². The van der Waals surface area contributed by atoms with Gasteiger partial charge < -0.3 is 9.72 Å². The Bertz CT molecular complexity index is 1700.